The van der Waals surface area contributed by atoms with Crippen LogP contribution in [0.1, 0.15) is 61.2 Å². The van der Waals surface area contributed by atoms with Crippen LogP contribution in [-0.4, -0.2) is 63.3 Å². The molecule has 0 unspecified atom stereocenters. The third kappa shape index (κ3) is 10.9. The first-order valence-electron chi connectivity index (χ1n) is 16.4. The molecule has 1 N–H and O–H groups in total. The van der Waals surface area contributed by atoms with Gasteiger partial charge in [0, 0.05) is 5.56 Å². The highest BCUT2D eigenvalue weighted by Crippen LogP contribution is 2.22. The average Bonchev–Trinajstić information content (AvgIpc) is 3.63. The lowest BCUT2D eigenvalue weighted by atomic mass is 10.1. The van der Waals surface area contributed by atoms with E-state index in [2.05, 4.69) is 27.3 Å². The third-order valence-corrected chi connectivity index (χ3v) is 7.90. The van der Waals surface area contributed by atoms with Crippen LogP contribution >= 0.6 is 0 Å². The molecule has 0 saturated heterocycles. The number of rotatable bonds is 14. The van der Waals surface area contributed by atoms with Gasteiger partial charge in [-0.15, -0.1) is 5.10 Å². The summed E-state index contributed by atoms with van der Waals surface area (Å²) in [7, 11) is 0. The number of carbonyl (C=O) groups excluding carboxylic acids is 1. The zero-order valence-electron chi connectivity index (χ0n) is 28.0. The minimum atomic E-state index is -0.559. The molecule has 1 aliphatic rings. The van der Waals surface area contributed by atoms with Gasteiger partial charge in [0.1, 0.15) is 36.4 Å². The number of aliphatic hydroxyl groups is 1. The predicted molar refractivity (Wildman–Crippen MR) is 186 cm³/mol. The highest BCUT2D eigenvalue weighted by atomic mass is 16.6. The van der Waals surface area contributed by atoms with Crippen LogP contribution in [0.15, 0.2) is 108 Å². The summed E-state index contributed by atoms with van der Waals surface area (Å²) < 4.78 is 19.7. The van der Waals surface area contributed by atoms with Crippen molar-refractivity contribution in [3.63, 3.8) is 0 Å². The summed E-state index contributed by atoms with van der Waals surface area (Å²) in [6.07, 6.45) is 4.64. The van der Waals surface area contributed by atoms with Gasteiger partial charge in [0.15, 0.2) is 6.10 Å². The van der Waals surface area contributed by atoms with Gasteiger partial charge >= 0.3 is 5.97 Å². The van der Waals surface area contributed by atoms with Gasteiger partial charge < -0.3 is 24.2 Å². The first-order valence-corrected chi connectivity index (χ1v) is 16.4. The molecule has 10 heteroatoms. The minimum absolute atomic E-state index is 0.00169. The Kier molecular flexibility index (Phi) is 12.7. The Bertz CT molecular complexity index is 1740. The van der Waals surface area contributed by atoms with Crippen molar-refractivity contribution in [2.24, 2.45) is 5.16 Å². The fourth-order valence-electron chi connectivity index (χ4n) is 5.01. The molecule has 10 nitrogen and oxygen atoms in total. The fraction of sp³-hybridized carbons (Fsp3) is 0.333. The summed E-state index contributed by atoms with van der Waals surface area (Å²) in [5, 5.41) is 22.5. The van der Waals surface area contributed by atoms with E-state index in [0.29, 0.717) is 30.0 Å². The maximum Gasteiger partial charge on any atom is 0.306 e. The summed E-state index contributed by atoms with van der Waals surface area (Å²) in [4.78, 5) is 18.4. The molecule has 0 fully saturated rings. The van der Waals surface area contributed by atoms with Crippen molar-refractivity contribution in [1.82, 2.24) is 15.0 Å². The SMILES string of the molecule is CC(CCC(=O)OC[C@H]1O[C@H](C#Cc2ccccc2)C=C[C@@H]1Oc1ccc(C)cc1)=NO[C@H](C)c1cn([C@H](CO)Cc2ccccc2)nn1. The predicted octanol–water partition coefficient (Wildman–Crippen LogP) is 5.96. The second kappa shape index (κ2) is 17.8. The summed E-state index contributed by atoms with van der Waals surface area (Å²) >= 11 is 0. The van der Waals surface area contributed by atoms with Gasteiger partial charge in [-0.2, -0.15) is 0 Å². The quantitative estimate of drug-likeness (QED) is 0.0578. The van der Waals surface area contributed by atoms with E-state index in [1.54, 1.807) is 17.8 Å². The first kappa shape index (κ1) is 35.1. The molecule has 0 radical (unpaired) electrons. The molecule has 3 aromatic carbocycles. The molecule has 4 aromatic rings. The number of carbonyl (C=O) groups is 1. The Balaban J connectivity index is 1.11. The molecule has 49 heavy (non-hydrogen) atoms. The van der Waals surface area contributed by atoms with Gasteiger partial charge in [0.05, 0.1) is 31.0 Å². The molecule has 1 aromatic heterocycles. The molecule has 0 bridgehead atoms. The van der Waals surface area contributed by atoms with Crippen LogP contribution in [-0.2, 0) is 25.5 Å². The summed E-state index contributed by atoms with van der Waals surface area (Å²) in [5.74, 6) is 6.57. The number of hydrogen-bond donors (Lipinski definition) is 1. The van der Waals surface area contributed by atoms with Gasteiger partial charge in [-0.1, -0.05) is 88.4 Å². The van der Waals surface area contributed by atoms with E-state index in [1.807, 2.05) is 111 Å². The molecule has 2 heterocycles. The van der Waals surface area contributed by atoms with Gasteiger partial charge in [-0.05, 0) is 75.6 Å². The molecule has 1 aliphatic heterocycles. The van der Waals surface area contributed by atoms with E-state index in [1.165, 1.54) is 0 Å². The van der Waals surface area contributed by atoms with Crippen LogP contribution in [0.25, 0.3) is 0 Å². The Morgan fingerprint density at radius 1 is 1.02 bits per heavy atom. The smallest absolute Gasteiger partial charge is 0.306 e. The maximum atomic E-state index is 12.8. The first-order chi connectivity index (χ1) is 23.9. The molecule has 5 atom stereocenters. The van der Waals surface area contributed by atoms with Gasteiger partial charge in [-0.25, -0.2) is 4.68 Å². The molecule has 5 rings (SSSR count). The summed E-state index contributed by atoms with van der Waals surface area (Å²) in [6.45, 7) is 5.54. The van der Waals surface area contributed by atoms with Crippen LogP contribution in [0.3, 0.4) is 0 Å². The highest BCUT2D eigenvalue weighted by Gasteiger charge is 2.30. The summed E-state index contributed by atoms with van der Waals surface area (Å²) in [5.41, 5.74) is 4.32. The molecule has 0 amide bonds. The topological polar surface area (TPSA) is 117 Å². The Morgan fingerprint density at radius 2 is 1.76 bits per heavy atom. The molecular weight excluding hydrogens is 620 g/mol. The van der Waals surface area contributed by atoms with Crippen molar-refractivity contribution in [2.75, 3.05) is 13.2 Å². The lowest BCUT2D eigenvalue weighted by Crippen LogP contribution is -2.42. The molecular formula is C39H42N4O6. The zero-order chi connectivity index (χ0) is 34.4. The molecule has 254 valence electrons. The van der Waals surface area contributed by atoms with E-state index in [9.17, 15) is 9.90 Å². The number of benzene rings is 3. The minimum Gasteiger partial charge on any atom is -0.483 e. The van der Waals surface area contributed by atoms with Crippen molar-refractivity contribution in [2.45, 2.75) is 70.5 Å². The van der Waals surface area contributed by atoms with Gasteiger partial charge in [0.2, 0.25) is 0 Å². The second-order valence-corrected chi connectivity index (χ2v) is 11.9. The lowest BCUT2D eigenvalue weighted by molar-refractivity contribution is -0.151. The van der Waals surface area contributed by atoms with E-state index in [4.69, 9.17) is 19.0 Å². The van der Waals surface area contributed by atoms with Crippen LogP contribution in [0.2, 0.25) is 0 Å². The number of aryl methyl sites for hydroxylation is 1. The molecule has 0 spiro atoms. The highest BCUT2D eigenvalue weighted by molar-refractivity contribution is 5.85. The number of ether oxygens (including phenoxy) is 3. The number of aromatic nitrogens is 3. The van der Waals surface area contributed by atoms with Crippen LogP contribution < -0.4 is 4.74 Å². The monoisotopic (exact) mass is 662 g/mol. The van der Waals surface area contributed by atoms with E-state index in [-0.39, 0.29) is 25.7 Å². The van der Waals surface area contributed by atoms with Crippen molar-refractivity contribution in [1.29, 1.82) is 0 Å². The van der Waals surface area contributed by atoms with Crippen molar-refractivity contribution in [3.05, 3.63) is 126 Å². The number of oxime groups is 1. The Morgan fingerprint density at radius 3 is 2.49 bits per heavy atom. The van der Waals surface area contributed by atoms with E-state index >= 15 is 0 Å². The van der Waals surface area contributed by atoms with Crippen LogP contribution in [0.4, 0.5) is 0 Å². The number of hydrogen-bond acceptors (Lipinski definition) is 9. The number of nitrogens with zero attached hydrogens (tertiary/aromatic N) is 4. The molecule has 0 saturated carbocycles. The van der Waals surface area contributed by atoms with Crippen molar-refractivity contribution < 1.29 is 28.9 Å². The zero-order valence-corrected chi connectivity index (χ0v) is 28.0. The van der Waals surface area contributed by atoms with E-state index in [0.717, 1.165) is 16.7 Å². The standard InChI is InChI=1S/C39H42N4O6/c1-28-14-18-34(19-15-28)47-37-22-21-35(20-17-31-10-6-4-7-11-31)48-38(37)27-46-39(45)23-16-29(2)41-49-30(3)36-25-43(42-40-36)33(26-44)24-32-12-8-5-9-13-32/h4-15,18-19,21-22,25,30,33,35,37-38,44H,16,23-24,26-27H2,1-3H3/t30-,33+,35-,37+,38-/m1/s1. The summed E-state index contributed by atoms with van der Waals surface area (Å²) in [6, 6.07) is 27.1. The third-order valence-electron chi connectivity index (χ3n) is 7.90. The van der Waals surface area contributed by atoms with Gasteiger partial charge in [-0.3, -0.25) is 4.79 Å². The van der Waals surface area contributed by atoms with Crippen molar-refractivity contribution in [3.8, 4) is 17.6 Å². The van der Waals surface area contributed by atoms with Crippen LogP contribution in [0, 0.1) is 18.8 Å². The molecule has 0 aliphatic carbocycles. The normalized spacial score (nSPS) is 18.5. The Hall–Kier alpha value is -5.24. The average molecular weight is 663 g/mol. The largest absolute Gasteiger partial charge is 0.483 e. The maximum absolute atomic E-state index is 12.8. The van der Waals surface area contributed by atoms with Crippen molar-refractivity contribution >= 4 is 11.7 Å². The second-order valence-electron chi connectivity index (χ2n) is 11.9. The lowest BCUT2D eigenvalue weighted by Gasteiger charge is -2.30. The number of esters is 1. The van der Waals surface area contributed by atoms with E-state index < -0.39 is 30.4 Å². The van der Waals surface area contributed by atoms with Gasteiger partial charge in [0.25, 0.3) is 0 Å². The number of aliphatic hydroxyl groups excluding tert-OH is 1. The fourth-order valence-corrected chi connectivity index (χ4v) is 5.01. The Labute approximate surface area is 287 Å². The van der Waals surface area contributed by atoms with Crippen LogP contribution in [0.5, 0.6) is 5.75 Å².